The molecule has 0 saturated carbocycles. The summed E-state index contributed by atoms with van der Waals surface area (Å²) >= 11 is 0. The molecule has 0 bridgehead atoms. The van der Waals surface area contributed by atoms with E-state index in [0.717, 1.165) is 0 Å². The van der Waals surface area contributed by atoms with Gasteiger partial charge in [0.05, 0.1) is 16.3 Å². The van der Waals surface area contributed by atoms with Crippen molar-refractivity contribution in [2.45, 2.75) is 4.90 Å². The van der Waals surface area contributed by atoms with Gasteiger partial charge in [0.15, 0.2) is 0 Å². The number of amides is 1. The number of rotatable bonds is 4. The third-order valence-corrected chi connectivity index (χ3v) is 4.53. The van der Waals surface area contributed by atoms with Crippen LogP contribution in [0.4, 0.5) is 4.79 Å². The molecule has 0 spiro atoms. The molecule has 6 nitrogen and oxygen atoms in total. The molecule has 7 heteroatoms. The largest absolute Gasteiger partial charge is 0.511 e. The van der Waals surface area contributed by atoms with Crippen LogP contribution >= 0.6 is 0 Å². The molecule has 0 aromatic heterocycles. The molecule has 106 valence electrons. The molecule has 1 amide bonds. The fourth-order valence-electron chi connectivity index (χ4n) is 1.72. The van der Waals surface area contributed by atoms with Crippen molar-refractivity contribution in [3.05, 3.63) is 47.1 Å². The summed E-state index contributed by atoms with van der Waals surface area (Å²) in [4.78, 5) is 11.5. The van der Waals surface area contributed by atoms with Crippen LogP contribution in [0.1, 0.15) is 5.56 Å². The lowest BCUT2D eigenvalue weighted by molar-refractivity contribution is 0.157. The summed E-state index contributed by atoms with van der Waals surface area (Å²) in [6.45, 7) is 2.68. The first-order chi connectivity index (χ1) is 9.41. The van der Waals surface area contributed by atoms with Crippen LogP contribution in [-0.4, -0.2) is 32.8 Å². The van der Waals surface area contributed by atoms with Gasteiger partial charge in [-0.15, -0.1) is 0 Å². The van der Waals surface area contributed by atoms with Gasteiger partial charge < -0.3 is 15.2 Å². The zero-order valence-corrected chi connectivity index (χ0v) is 11.3. The van der Waals surface area contributed by atoms with Crippen molar-refractivity contribution < 1.29 is 23.1 Å². The molecule has 0 radical (unpaired) electrons. The van der Waals surface area contributed by atoms with Crippen molar-refractivity contribution in [3.8, 4) is 0 Å². The number of alkyl carbamates (subject to hydrolysis) is 1. The molecule has 1 aliphatic heterocycles. The zero-order chi connectivity index (χ0) is 14.8. The number of nitrogens with one attached hydrogen (secondary N) is 1. The molecule has 1 aromatic rings. The first kappa shape index (κ1) is 14.1. The van der Waals surface area contributed by atoms with Gasteiger partial charge in [-0.2, -0.15) is 0 Å². The second-order valence-electron chi connectivity index (χ2n) is 4.15. The van der Waals surface area contributed by atoms with E-state index < -0.39 is 15.9 Å². The number of carbonyl (C=O) groups is 1. The van der Waals surface area contributed by atoms with E-state index >= 15 is 0 Å². The van der Waals surface area contributed by atoms with Crippen LogP contribution in [0.25, 0.3) is 6.08 Å². The van der Waals surface area contributed by atoms with E-state index in [-0.39, 0.29) is 28.7 Å². The highest BCUT2D eigenvalue weighted by molar-refractivity contribution is 7.95. The predicted octanol–water partition coefficient (Wildman–Crippen LogP) is 1.61. The Morgan fingerprint density at radius 2 is 2.05 bits per heavy atom. The average Bonchev–Trinajstić information content (AvgIpc) is 2.66. The Morgan fingerprint density at radius 1 is 1.35 bits per heavy atom. The quantitative estimate of drug-likeness (QED) is 0.823. The molecule has 1 heterocycles. The van der Waals surface area contributed by atoms with Crippen molar-refractivity contribution in [1.82, 2.24) is 5.32 Å². The number of aliphatic hydroxyl groups excluding tert-OH is 1. The topological polar surface area (TPSA) is 92.7 Å². The molecule has 0 unspecified atom stereocenters. The van der Waals surface area contributed by atoms with E-state index in [4.69, 9.17) is 9.84 Å². The number of fused-ring (bicyclic) bond motifs is 1. The molecule has 0 atom stereocenters. The standard InChI is InChI=1S/C13H13NO5S/c1-9(15)7-14-13(16)19-8-11-6-10-4-2-3-5-12(10)20(11,17)18/h2-6,15H,1,7-8H2,(H,14,16). The van der Waals surface area contributed by atoms with Gasteiger partial charge in [0, 0.05) is 0 Å². The number of aliphatic hydroxyl groups is 1. The Morgan fingerprint density at radius 3 is 2.70 bits per heavy atom. The van der Waals surface area contributed by atoms with Gasteiger partial charge in [0.2, 0.25) is 9.84 Å². The maximum atomic E-state index is 12.1. The number of benzene rings is 1. The van der Waals surface area contributed by atoms with Crippen molar-refractivity contribution in [3.63, 3.8) is 0 Å². The van der Waals surface area contributed by atoms with Crippen LogP contribution in [0.5, 0.6) is 0 Å². The smallest absolute Gasteiger partial charge is 0.407 e. The molecule has 0 fully saturated rings. The molecular weight excluding hydrogens is 282 g/mol. The van der Waals surface area contributed by atoms with E-state index in [1.807, 2.05) is 0 Å². The molecule has 2 N–H and O–H groups in total. The van der Waals surface area contributed by atoms with Gasteiger partial charge in [0.1, 0.15) is 12.4 Å². The van der Waals surface area contributed by atoms with Crippen LogP contribution in [0.2, 0.25) is 0 Å². The van der Waals surface area contributed by atoms with Crippen molar-refractivity contribution in [2.24, 2.45) is 0 Å². The number of hydrogen-bond acceptors (Lipinski definition) is 5. The molecule has 1 aliphatic rings. The van der Waals surface area contributed by atoms with E-state index in [2.05, 4.69) is 11.9 Å². The van der Waals surface area contributed by atoms with Crippen LogP contribution in [-0.2, 0) is 14.6 Å². The Bertz CT molecular complexity index is 690. The summed E-state index contributed by atoms with van der Waals surface area (Å²) in [6.07, 6.45) is 0.649. The summed E-state index contributed by atoms with van der Waals surface area (Å²) in [7, 11) is -3.58. The summed E-state index contributed by atoms with van der Waals surface area (Å²) in [6, 6.07) is 6.54. The second-order valence-corrected chi connectivity index (χ2v) is 6.12. The highest BCUT2D eigenvalue weighted by Crippen LogP contribution is 2.32. The number of sulfone groups is 1. The Labute approximate surface area is 116 Å². The third-order valence-electron chi connectivity index (χ3n) is 2.65. The van der Waals surface area contributed by atoms with Gasteiger partial charge >= 0.3 is 6.09 Å². The third kappa shape index (κ3) is 2.83. The molecule has 0 aliphatic carbocycles. The number of carbonyl (C=O) groups excluding carboxylic acids is 1. The minimum absolute atomic E-state index is 0.0247. The van der Waals surface area contributed by atoms with Gasteiger partial charge in [-0.3, -0.25) is 0 Å². The van der Waals surface area contributed by atoms with Gasteiger partial charge in [-0.05, 0) is 17.7 Å². The van der Waals surface area contributed by atoms with Crippen molar-refractivity contribution in [2.75, 3.05) is 13.2 Å². The zero-order valence-electron chi connectivity index (χ0n) is 10.5. The Balaban J connectivity index is 2.02. The Kier molecular flexibility index (Phi) is 3.80. The molecule has 2 rings (SSSR count). The first-order valence-corrected chi connectivity index (χ1v) is 7.21. The summed E-state index contributed by atoms with van der Waals surface area (Å²) in [5.74, 6) is -0.220. The maximum absolute atomic E-state index is 12.1. The highest BCUT2D eigenvalue weighted by atomic mass is 32.2. The maximum Gasteiger partial charge on any atom is 0.407 e. The molecule has 20 heavy (non-hydrogen) atoms. The fraction of sp³-hybridized carbons (Fsp3) is 0.154. The second kappa shape index (κ2) is 5.38. The van der Waals surface area contributed by atoms with Crippen molar-refractivity contribution in [1.29, 1.82) is 0 Å². The average molecular weight is 295 g/mol. The van der Waals surface area contributed by atoms with Crippen LogP contribution in [0, 0.1) is 0 Å². The minimum atomic E-state index is -3.58. The van der Waals surface area contributed by atoms with Crippen LogP contribution in [0.3, 0.4) is 0 Å². The monoisotopic (exact) mass is 295 g/mol. The summed E-state index contributed by atoms with van der Waals surface area (Å²) in [5, 5.41) is 11.0. The van der Waals surface area contributed by atoms with Gasteiger partial charge in [-0.1, -0.05) is 24.8 Å². The van der Waals surface area contributed by atoms with Crippen LogP contribution in [0.15, 0.2) is 46.4 Å². The minimum Gasteiger partial charge on any atom is -0.511 e. The number of ether oxygens (including phenoxy) is 1. The Hall–Kier alpha value is -2.28. The van der Waals surface area contributed by atoms with E-state index in [9.17, 15) is 13.2 Å². The molecule has 0 saturated heterocycles. The summed E-state index contributed by atoms with van der Waals surface area (Å²) < 4.78 is 29.1. The lowest BCUT2D eigenvalue weighted by atomic mass is 10.2. The summed E-state index contributed by atoms with van der Waals surface area (Å²) in [5.41, 5.74) is 0.579. The fourth-order valence-corrected chi connectivity index (χ4v) is 3.19. The van der Waals surface area contributed by atoms with Crippen LogP contribution < -0.4 is 5.32 Å². The lowest BCUT2D eigenvalue weighted by Gasteiger charge is -2.07. The predicted molar refractivity (Wildman–Crippen MR) is 72.7 cm³/mol. The van der Waals surface area contributed by atoms with E-state index in [1.54, 1.807) is 18.2 Å². The first-order valence-electron chi connectivity index (χ1n) is 5.73. The van der Waals surface area contributed by atoms with Gasteiger partial charge in [0.25, 0.3) is 0 Å². The lowest BCUT2D eigenvalue weighted by Crippen LogP contribution is -2.27. The van der Waals surface area contributed by atoms with E-state index in [1.165, 1.54) is 12.1 Å². The van der Waals surface area contributed by atoms with Gasteiger partial charge in [-0.25, -0.2) is 13.2 Å². The molecular formula is C13H13NO5S. The van der Waals surface area contributed by atoms with Crippen molar-refractivity contribution >= 4 is 22.0 Å². The normalized spacial score (nSPS) is 15.1. The molecule has 1 aromatic carbocycles. The van der Waals surface area contributed by atoms with E-state index in [0.29, 0.717) is 5.56 Å². The number of hydrogen-bond donors (Lipinski definition) is 2. The SMILES string of the molecule is C=C(O)CNC(=O)OCC1=Cc2ccccc2S1(=O)=O. The highest BCUT2D eigenvalue weighted by Gasteiger charge is 2.29.